The number of carbonyl (C=O) groups excluding carboxylic acids is 1. The van der Waals surface area contributed by atoms with Gasteiger partial charge < -0.3 is 10.1 Å². The van der Waals surface area contributed by atoms with E-state index in [9.17, 15) is 13.2 Å². The third-order valence-corrected chi connectivity index (χ3v) is 6.54. The summed E-state index contributed by atoms with van der Waals surface area (Å²) < 4.78 is 33.6. The zero-order valence-corrected chi connectivity index (χ0v) is 19.0. The van der Waals surface area contributed by atoms with Crippen LogP contribution in [0.1, 0.15) is 28.8 Å². The standard InChI is InChI=1S/C24H25ClN2O4S/c25-22-14-13-20(17-23(22)32(29,30)27-18-19-9-3-1-4-10-19)24(28)26-15-7-8-16-31-21-11-5-2-6-12-21/h1-6,9-14,17,27H,7-8,15-16,18H2,(H,26,28). The van der Waals surface area contributed by atoms with Crippen LogP contribution < -0.4 is 14.8 Å². The number of amides is 1. The summed E-state index contributed by atoms with van der Waals surface area (Å²) in [5.74, 6) is 0.456. The normalized spacial score (nSPS) is 11.2. The van der Waals surface area contributed by atoms with E-state index in [4.69, 9.17) is 16.3 Å². The summed E-state index contributed by atoms with van der Waals surface area (Å²) in [5, 5.41) is 2.86. The van der Waals surface area contributed by atoms with Gasteiger partial charge in [-0.2, -0.15) is 0 Å². The van der Waals surface area contributed by atoms with E-state index in [0.29, 0.717) is 13.2 Å². The maximum Gasteiger partial charge on any atom is 0.251 e. The number of sulfonamides is 1. The number of carbonyl (C=O) groups is 1. The van der Waals surface area contributed by atoms with Crippen LogP contribution in [0.3, 0.4) is 0 Å². The lowest BCUT2D eigenvalue weighted by Crippen LogP contribution is -2.26. The highest BCUT2D eigenvalue weighted by Crippen LogP contribution is 2.23. The summed E-state index contributed by atoms with van der Waals surface area (Å²) in [6.07, 6.45) is 1.51. The van der Waals surface area contributed by atoms with Crippen molar-refractivity contribution in [3.8, 4) is 5.75 Å². The van der Waals surface area contributed by atoms with Gasteiger partial charge in [0.2, 0.25) is 10.0 Å². The van der Waals surface area contributed by atoms with Gasteiger partial charge in [-0.1, -0.05) is 60.1 Å². The van der Waals surface area contributed by atoms with Crippen LogP contribution in [0, 0.1) is 0 Å². The van der Waals surface area contributed by atoms with E-state index in [1.54, 1.807) is 0 Å². The number of hydrogen-bond acceptors (Lipinski definition) is 4. The number of ether oxygens (including phenoxy) is 1. The number of halogens is 1. The second-order valence-corrected chi connectivity index (χ2v) is 9.22. The maximum atomic E-state index is 12.7. The van der Waals surface area contributed by atoms with Crippen molar-refractivity contribution in [3.05, 3.63) is 95.0 Å². The second-order valence-electron chi connectivity index (χ2n) is 7.08. The van der Waals surface area contributed by atoms with Crippen LogP contribution in [-0.2, 0) is 16.6 Å². The maximum absolute atomic E-state index is 12.7. The minimum absolute atomic E-state index is 0.0557. The number of unbranched alkanes of at least 4 members (excludes halogenated alkanes) is 1. The van der Waals surface area contributed by atoms with Gasteiger partial charge in [0, 0.05) is 18.7 Å². The Balaban J connectivity index is 1.50. The Bertz CT molecular complexity index is 1120. The van der Waals surface area contributed by atoms with E-state index in [1.807, 2.05) is 60.7 Å². The fourth-order valence-corrected chi connectivity index (χ4v) is 4.48. The Labute approximate surface area is 193 Å². The molecule has 3 rings (SSSR count). The van der Waals surface area contributed by atoms with Crippen molar-refractivity contribution in [2.45, 2.75) is 24.3 Å². The molecule has 0 aliphatic carbocycles. The lowest BCUT2D eigenvalue weighted by atomic mass is 10.2. The van der Waals surface area contributed by atoms with Crippen LogP contribution in [0.5, 0.6) is 5.75 Å². The Morgan fingerprint density at radius 1 is 0.906 bits per heavy atom. The molecular formula is C24H25ClN2O4S. The number of rotatable bonds is 11. The largest absolute Gasteiger partial charge is 0.494 e. The molecule has 0 aliphatic rings. The number of benzene rings is 3. The molecule has 0 fully saturated rings. The van der Waals surface area contributed by atoms with Crippen LogP contribution in [0.4, 0.5) is 0 Å². The molecule has 0 aliphatic heterocycles. The van der Waals surface area contributed by atoms with Gasteiger partial charge in [0.1, 0.15) is 10.6 Å². The van der Waals surface area contributed by atoms with Gasteiger partial charge in [0.15, 0.2) is 0 Å². The summed E-state index contributed by atoms with van der Waals surface area (Å²) in [5.41, 5.74) is 1.05. The Morgan fingerprint density at radius 2 is 1.59 bits per heavy atom. The Morgan fingerprint density at radius 3 is 2.31 bits per heavy atom. The molecule has 3 aromatic carbocycles. The molecule has 0 aromatic heterocycles. The Kier molecular flexibility index (Phi) is 8.67. The Hall–Kier alpha value is -2.87. The smallest absolute Gasteiger partial charge is 0.251 e. The first-order valence-electron chi connectivity index (χ1n) is 10.2. The summed E-state index contributed by atoms with van der Waals surface area (Å²) in [7, 11) is -3.88. The molecule has 0 bridgehead atoms. The highest BCUT2D eigenvalue weighted by atomic mass is 35.5. The first-order valence-corrected chi connectivity index (χ1v) is 12.1. The highest BCUT2D eigenvalue weighted by Gasteiger charge is 2.20. The molecule has 0 saturated heterocycles. The molecule has 0 unspecified atom stereocenters. The van der Waals surface area contributed by atoms with E-state index in [1.165, 1.54) is 18.2 Å². The van der Waals surface area contributed by atoms with E-state index in [0.717, 1.165) is 24.2 Å². The van der Waals surface area contributed by atoms with E-state index >= 15 is 0 Å². The topological polar surface area (TPSA) is 84.5 Å². The summed E-state index contributed by atoms with van der Waals surface area (Å²) in [6.45, 7) is 1.13. The number of hydrogen-bond donors (Lipinski definition) is 2. The SMILES string of the molecule is O=C(NCCCCOc1ccccc1)c1ccc(Cl)c(S(=O)(=O)NCc2ccccc2)c1. The number of nitrogens with one attached hydrogen (secondary N) is 2. The van der Waals surface area contributed by atoms with Crippen molar-refractivity contribution in [1.82, 2.24) is 10.0 Å². The molecule has 3 aromatic rings. The average Bonchev–Trinajstić information content (AvgIpc) is 2.81. The van der Waals surface area contributed by atoms with Gasteiger partial charge in [-0.3, -0.25) is 4.79 Å². The molecule has 1 amide bonds. The molecule has 6 nitrogen and oxygen atoms in total. The van der Waals surface area contributed by atoms with Crippen molar-refractivity contribution in [2.24, 2.45) is 0 Å². The molecule has 0 heterocycles. The van der Waals surface area contributed by atoms with Crippen molar-refractivity contribution in [1.29, 1.82) is 0 Å². The van der Waals surface area contributed by atoms with Gasteiger partial charge in [0.25, 0.3) is 5.91 Å². The minimum Gasteiger partial charge on any atom is -0.494 e. The van der Waals surface area contributed by atoms with Crippen LogP contribution in [0.15, 0.2) is 83.8 Å². The van der Waals surface area contributed by atoms with Gasteiger partial charge in [-0.05, 0) is 48.7 Å². The number of para-hydroxylation sites is 1. The molecule has 0 saturated carbocycles. The van der Waals surface area contributed by atoms with Crippen molar-refractivity contribution in [2.75, 3.05) is 13.2 Å². The van der Waals surface area contributed by atoms with Gasteiger partial charge in [0.05, 0.1) is 11.6 Å². The van der Waals surface area contributed by atoms with Crippen LogP contribution in [0.2, 0.25) is 5.02 Å². The summed E-state index contributed by atoms with van der Waals surface area (Å²) >= 11 is 6.11. The van der Waals surface area contributed by atoms with Gasteiger partial charge >= 0.3 is 0 Å². The van der Waals surface area contributed by atoms with Gasteiger partial charge in [-0.25, -0.2) is 13.1 Å². The lowest BCUT2D eigenvalue weighted by molar-refractivity contribution is 0.0952. The van der Waals surface area contributed by atoms with Gasteiger partial charge in [-0.15, -0.1) is 0 Å². The van der Waals surface area contributed by atoms with E-state index in [-0.39, 0.29) is 27.9 Å². The predicted octanol–water partition coefficient (Wildman–Crippen LogP) is 4.41. The zero-order valence-electron chi connectivity index (χ0n) is 17.5. The van der Waals surface area contributed by atoms with Crippen molar-refractivity contribution < 1.29 is 17.9 Å². The third kappa shape index (κ3) is 7.09. The van der Waals surface area contributed by atoms with Crippen molar-refractivity contribution in [3.63, 3.8) is 0 Å². The monoisotopic (exact) mass is 472 g/mol. The molecule has 8 heteroatoms. The third-order valence-electron chi connectivity index (χ3n) is 4.66. The first-order chi connectivity index (χ1) is 15.5. The zero-order chi connectivity index (χ0) is 22.8. The molecule has 2 N–H and O–H groups in total. The second kappa shape index (κ2) is 11.7. The van der Waals surface area contributed by atoms with E-state index in [2.05, 4.69) is 10.0 Å². The molecule has 0 spiro atoms. The quantitative estimate of drug-likeness (QED) is 0.405. The predicted molar refractivity (Wildman–Crippen MR) is 125 cm³/mol. The first kappa shape index (κ1) is 23.8. The van der Waals surface area contributed by atoms with E-state index < -0.39 is 10.0 Å². The summed E-state index contributed by atoms with van der Waals surface area (Å²) in [6, 6.07) is 22.9. The lowest BCUT2D eigenvalue weighted by Gasteiger charge is -2.11. The molecule has 0 radical (unpaired) electrons. The van der Waals surface area contributed by atoms with Crippen molar-refractivity contribution >= 4 is 27.5 Å². The highest BCUT2D eigenvalue weighted by molar-refractivity contribution is 7.89. The minimum atomic E-state index is -3.88. The van der Waals surface area contributed by atoms with Crippen LogP contribution >= 0.6 is 11.6 Å². The molecular weight excluding hydrogens is 448 g/mol. The summed E-state index contributed by atoms with van der Waals surface area (Å²) in [4.78, 5) is 12.3. The van der Waals surface area contributed by atoms with Crippen LogP contribution in [0.25, 0.3) is 0 Å². The van der Waals surface area contributed by atoms with Crippen LogP contribution in [-0.4, -0.2) is 27.5 Å². The molecule has 168 valence electrons. The molecule has 0 atom stereocenters. The molecule has 32 heavy (non-hydrogen) atoms. The fraction of sp³-hybridized carbons (Fsp3) is 0.208. The fourth-order valence-electron chi connectivity index (χ4n) is 2.94. The average molecular weight is 473 g/mol.